The standard InChI is InChI=1S/C42H46N6O4/c1-41(2,3)51-39(49)47-19-7-9-35(47)37-43-31-17-15-29(23-33(31)45-37)27-13-11-26-22-28(14-12-25(26)21-27)30-16-18-32-34(24-30)46-38(44-32)36-10-8-20-48(36)40(50)52-42(4,5)6/h11-18,21-24,35-36H,7-10,19-20H2,1-6H3,(H,43,45)(H,44,46)/t35-,36-/m1/s1. The lowest BCUT2D eigenvalue weighted by Gasteiger charge is -2.27. The molecule has 0 radical (unpaired) electrons. The maximum Gasteiger partial charge on any atom is 0.410 e. The van der Waals surface area contributed by atoms with E-state index in [-0.39, 0.29) is 24.3 Å². The van der Waals surface area contributed by atoms with E-state index >= 15 is 0 Å². The first-order valence-electron chi connectivity index (χ1n) is 18.3. The quantitative estimate of drug-likeness (QED) is 0.189. The Labute approximate surface area is 303 Å². The Kier molecular flexibility index (Phi) is 8.23. The van der Waals surface area contributed by atoms with Crippen LogP contribution < -0.4 is 0 Å². The molecule has 4 heterocycles. The number of rotatable bonds is 4. The fourth-order valence-electron chi connectivity index (χ4n) is 7.52. The molecule has 2 aliphatic heterocycles. The maximum atomic E-state index is 12.9. The normalized spacial score (nSPS) is 18.2. The van der Waals surface area contributed by atoms with E-state index in [1.54, 1.807) is 9.80 Å². The van der Waals surface area contributed by atoms with E-state index in [0.29, 0.717) is 13.1 Å². The van der Waals surface area contributed by atoms with Crippen molar-refractivity contribution in [1.29, 1.82) is 0 Å². The number of aromatic amines is 2. The summed E-state index contributed by atoms with van der Waals surface area (Å²) in [5.41, 5.74) is 6.99. The number of hydrogen-bond acceptors (Lipinski definition) is 6. The third-order valence-corrected chi connectivity index (χ3v) is 9.90. The largest absolute Gasteiger partial charge is 0.444 e. The Morgan fingerprint density at radius 1 is 0.596 bits per heavy atom. The van der Waals surface area contributed by atoms with Gasteiger partial charge in [0.05, 0.1) is 34.2 Å². The average molecular weight is 699 g/mol. The summed E-state index contributed by atoms with van der Waals surface area (Å²) in [5.74, 6) is 1.60. The number of ether oxygens (including phenoxy) is 2. The molecule has 2 atom stereocenters. The smallest absolute Gasteiger partial charge is 0.410 e. The molecular formula is C42H46N6O4. The Hall–Kier alpha value is -5.38. The predicted octanol–water partition coefficient (Wildman–Crippen LogP) is 10.1. The lowest BCUT2D eigenvalue weighted by Crippen LogP contribution is -2.36. The molecule has 2 fully saturated rings. The van der Waals surface area contributed by atoms with E-state index in [1.807, 2.05) is 53.7 Å². The zero-order chi connectivity index (χ0) is 36.4. The summed E-state index contributed by atoms with van der Waals surface area (Å²) in [6.07, 6.45) is 2.95. The molecule has 0 bridgehead atoms. The zero-order valence-corrected chi connectivity index (χ0v) is 30.7. The molecule has 0 spiro atoms. The van der Waals surface area contributed by atoms with Crippen LogP contribution in [0.5, 0.6) is 0 Å². The van der Waals surface area contributed by atoms with Crippen LogP contribution >= 0.6 is 0 Å². The fraction of sp³-hybridized carbons (Fsp3) is 0.381. The van der Waals surface area contributed by atoms with Gasteiger partial charge >= 0.3 is 12.2 Å². The molecule has 4 aromatic carbocycles. The molecule has 0 aliphatic carbocycles. The molecule has 268 valence electrons. The topological polar surface area (TPSA) is 116 Å². The molecule has 0 unspecified atom stereocenters. The van der Waals surface area contributed by atoms with Crippen molar-refractivity contribution in [2.24, 2.45) is 0 Å². The Morgan fingerprint density at radius 2 is 0.981 bits per heavy atom. The number of aromatic nitrogens is 4. The van der Waals surface area contributed by atoms with E-state index in [9.17, 15) is 9.59 Å². The van der Waals surface area contributed by atoms with Gasteiger partial charge in [-0.1, -0.05) is 36.4 Å². The highest BCUT2D eigenvalue weighted by atomic mass is 16.6. The number of imidazole rings is 2. The first-order valence-corrected chi connectivity index (χ1v) is 18.3. The molecule has 2 aromatic heterocycles. The van der Waals surface area contributed by atoms with Crippen LogP contribution in [0.3, 0.4) is 0 Å². The highest BCUT2D eigenvalue weighted by Crippen LogP contribution is 2.36. The zero-order valence-electron chi connectivity index (χ0n) is 30.7. The van der Waals surface area contributed by atoms with E-state index in [2.05, 4.69) is 70.6 Å². The van der Waals surface area contributed by atoms with Crippen LogP contribution in [-0.2, 0) is 9.47 Å². The number of carbonyl (C=O) groups excluding carboxylic acids is 2. The minimum atomic E-state index is -0.544. The monoisotopic (exact) mass is 698 g/mol. The van der Waals surface area contributed by atoms with Gasteiger partial charge in [0, 0.05) is 13.1 Å². The minimum absolute atomic E-state index is 0.126. The van der Waals surface area contributed by atoms with Gasteiger partial charge in [0.25, 0.3) is 0 Å². The fourth-order valence-corrected chi connectivity index (χ4v) is 7.52. The van der Waals surface area contributed by atoms with Crippen molar-refractivity contribution in [3.63, 3.8) is 0 Å². The van der Waals surface area contributed by atoms with Crippen molar-refractivity contribution >= 4 is 45.0 Å². The molecule has 2 N–H and O–H groups in total. The summed E-state index contributed by atoms with van der Waals surface area (Å²) in [7, 11) is 0. The molecule has 52 heavy (non-hydrogen) atoms. The Balaban J connectivity index is 1.01. The molecule has 2 saturated heterocycles. The molecule has 8 rings (SSSR count). The van der Waals surface area contributed by atoms with E-state index in [4.69, 9.17) is 19.4 Å². The summed E-state index contributed by atoms with van der Waals surface area (Å²) in [5, 5.41) is 2.30. The summed E-state index contributed by atoms with van der Waals surface area (Å²) in [4.78, 5) is 46.2. The molecule has 10 heteroatoms. The first-order chi connectivity index (χ1) is 24.8. The highest BCUT2D eigenvalue weighted by Gasteiger charge is 2.36. The Bertz CT molecular complexity index is 2160. The van der Waals surface area contributed by atoms with Crippen LogP contribution in [0, 0.1) is 0 Å². The van der Waals surface area contributed by atoms with Gasteiger partial charge in [0.2, 0.25) is 0 Å². The third kappa shape index (κ3) is 6.69. The van der Waals surface area contributed by atoms with Gasteiger partial charge in [-0.15, -0.1) is 0 Å². The molecule has 2 aliphatic rings. The van der Waals surface area contributed by atoms with Crippen molar-refractivity contribution in [3.8, 4) is 22.3 Å². The van der Waals surface area contributed by atoms with Crippen LogP contribution in [0.1, 0.15) is 91.0 Å². The lowest BCUT2D eigenvalue weighted by atomic mass is 9.97. The van der Waals surface area contributed by atoms with E-state index in [1.165, 1.54) is 0 Å². The number of fused-ring (bicyclic) bond motifs is 3. The number of amides is 2. The molecule has 2 amide bonds. The second kappa shape index (κ2) is 12.7. The third-order valence-electron chi connectivity index (χ3n) is 9.90. The van der Waals surface area contributed by atoms with Gasteiger partial charge in [0.15, 0.2) is 0 Å². The second-order valence-electron chi connectivity index (χ2n) is 16.1. The lowest BCUT2D eigenvalue weighted by molar-refractivity contribution is 0.0208. The maximum absolute atomic E-state index is 12.9. The number of benzene rings is 4. The van der Waals surface area contributed by atoms with Crippen LogP contribution in [-0.4, -0.2) is 66.2 Å². The number of hydrogen-bond donors (Lipinski definition) is 2. The average Bonchev–Trinajstić information content (AvgIpc) is 3.90. The summed E-state index contributed by atoms with van der Waals surface area (Å²) in [6, 6.07) is 25.4. The van der Waals surface area contributed by atoms with E-state index < -0.39 is 11.2 Å². The summed E-state index contributed by atoms with van der Waals surface area (Å²) in [6.45, 7) is 12.7. The van der Waals surface area contributed by atoms with Gasteiger partial charge in [-0.25, -0.2) is 19.6 Å². The van der Waals surface area contributed by atoms with Crippen LogP contribution in [0.4, 0.5) is 9.59 Å². The van der Waals surface area contributed by atoms with Gasteiger partial charge in [-0.05, 0) is 137 Å². The predicted molar refractivity (Wildman–Crippen MR) is 204 cm³/mol. The number of carbonyl (C=O) groups is 2. The van der Waals surface area contributed by atoms with Crippen LogP contribution in [0.2, 0.25) is 0 Å². The van der Waals surface area contributed by atoms with Gasteiger partial charge in [0.1, 0.15) is 22.9 Å². The number of H-pyrrole nitrogens is 2. The SMILES string of the molecule is CC(C)(C)OC(=O)N1CCC[C@@H]1c1nc2ccc(-c3ccc4cc(-c5ccc6nc([C@H]7CCCN7C(=O)OC(C)(C)C)[nH]c6c5)ccc4c3)cc2[nH]1. The molecule has 10 nitrogen and oxygen atoms in total. The van der Waals surface area contributed by atoms with Gasteiger partial charge in [-0.2, -0.15) is 0 Å². The van der Waals surface area contributed by atoms with E-state index in [0.717, 1.165) is 92.4 Å². The molecule has 0 saturated carbocycles. The van der Waals surface area contributed by atoms with Crippen molar-refractivity contribution in [2.45, 2.75) is 90.5 Å². The summed E-state index contributed by atoms with van der Waals surface area (Å²) < 4.78 is 11.4. The van der Waals surface area contributed by atoms with Crippen molar-refractivity contribution in [3.05, 3.63) is 84.4 Å². The molecule has 6 aromatic rings. The molecular weight excluding hydrogens is 652 g/mol. The highest BCUT2D eigenvalue weighted by molar-refractivity contribution is 5.93. The Morgan fingerprint density at radius 3 is 1.38 bits per heavy atom. The number of likely N-dealkylation sites (tertiary alicyclic amines) is 2. The second-order valence-corrected chi connectivity index (χ2v) is 16.1. The van der Waals surface area contributed by atoms with Crippen molar-refractivity contribution in [2.75, 3.05) is 13.1 Å². The van der Waals surface area contributed by atoms with Crippen LogP contribution in [0.15, 0.2) is 72.8 Å². The van der Waals surface area contributed by atoms with Gasteiger partial charge < -0.3 is 19.4 Å². The van der Waals surface area contributed by atoms with Crippen molar-refractivity contribution in [1.82, 2.24) is 29.7 Å². The number of nitrogens with one attached hydrogen (secondary N) is 2. The minimum Gasteiger partial charge on any atom is -0.444 e. The van der Waals surface area contributed by atoms with Crippen LogP contribution in [0.25, 0.3) is 55.1 Å². The first kappa shape index (κ1) is 33.7. The summed E-state index contributed by atoms with van der Waals surface area (Å²) >= 11 is 0. The van der Waals surface area contributed by atoms with Crippen molar-refractivity contribution < 1.29 is 19.1 Å². The van der Waals surface area contributed by atoms with Gasteiger partial charge in [-0.3, -0.25) is 9.80 Å². The number of nitrogens with zero attached hydrogens (tertiary/aromatic N) is 4.